The minimum Gasteiger partial charge on any atom is -0.382 e. The Hall–Kier alpha value is -4.38. The van der Waals surface area contributed by atoms with Gasteiger partial charge in [0.1, 0.15) is 23.7 Å². The van der Waals surface area contributed by atoms with Gasteiger partial charge in [-0.05, 0) is 29.8 Å². The van der Waals surface area contributed by atoms with E-state index in [0.29, 0.717) is 17.0 Å². The van der Waals surface area contributed by atoms with Gasteiger partial charge in [-0.2, -0.15) is 10.2 Å². The van der Waals surface area contributed by atoms with E-state index in [0.717, 1.165) is 22.2 Å². The van der Waals surface area contributed by atoms with Gasteiger partial charge in [-0.15, -0.1) is 0 Å². The van der Waals surface area contributed by atoms with E-state index in [2.05, 4.69) is 35.9 Å². The van der Waals surface area contributed by atoms with Crippen LogP contribution in [-0.4, -0.2) is 49.5 Å². The van der Waals surface area contributed by atoms with Crippen molar-refractivity contribution in [1.82, 2.24) is 35.1 Å². The maximum atomic E-state index is 13.2. The Morgan fingerprint density at radius 1 is 1.21 bits per heavy atom. The highest BCUT2D eigenvalue weighted by Crippen LogP contribution is 2.27. The lowest BCUT2D eigenvalue weighted by Gasteiger charge is -2.18. The number of hydrogen-bond acceptors (Lipinski definition) is 6. The van der Waals surface area contributed by atoms with E-state index >= 15 is 0 Å². The molecule has 4 heterocycles. The Kier molecular flexibility index (Phi) is 5.37. The van der Waals surface area contributed by atoms with E-state index in [1.54, 1.807) is 28.9 Å². The molecule has 0 fully saturated rings. The maximum Gasteiger partial charge on any atom is 0.320 e. The highest BCUT2D eigenvalue weighted by Gasteiger charge is 2.16. The molecule has 2 amide bonds. The summed E-state index contributed by atoms with van der Waals surface area (Å²) in [5.41, 5.74) is 3.72. The fourth-order valence-corrected chi connectivity index (χ4v) is 3.56. The quantitative estimate of drug-likeness (QED) is 0.368. The normalized spacial score (nSPS) is 12.2. The van der Waals surface area contributed by atoms with Crippen LogP contribution in [0.4, 0.5) is 15.0 Å². The van der Waals surface area contributed by atoms with E-state index in [9.17, 15) is 9.18 Å². The molecule has 33 heavy (non-hydrogen) atoms. The highest BCUT2D eigenvalue weighted by molar-refractivity contribution is 5.96. The number of nitrogens with zero attached hydrogens (tertiary/aromatic N) is 5. The zero-order valence-corrected chi connectivity index (χ0v) is 17.5. The number of ether oxygens (including phenoxy) is 1. The van der Waals surface area contributed by atoms with Crippen molar-refractivity contribution >= 4 is 28.4 Å². The van der Waals surface area contributed by atoms with Crippen LogP contribution < -0.4 is 10.6 Å². The lowest BCUT2D eigenvalue weighted by molar-refractivity contribution is 0.168. The number of halogens is 1. The summed E-state index contributed by atoms with van der Waals surface area (Å²) in [7, 11) is 1.53. The number of H-pyrrole nitrogens is 1. The molecule has 5 aromatic rings. The van der Waals surface area contributed by atoms with Crippen LogP contribution in [0.5, 0.6) is 0 Å². The van der Waals surface area contributed by atoms with Crippen molar-refractivity contribution in [2.45, 2.75) is 6.04 Å². The Morgan fingerprint density at radius 3 is 2.88 bits per heavy atom. The SMILES string of the molecule is COC[C@@H](NC(=O)Nc1cc2[nH]nc(-c3ccn4ncnc4c3)c2cn1)c1ccc(F)cc1. The third-order valence-corrected chi connectivity index (χ3v) is 5.15. The minimum absolute atomic E-state index is 0.228. The van der Waals surface area contributed by atoms with E-state index in [-0.39, 0.29) is 12.4 Å². The van der Waals surface area contributed by atoms with Crippen LogP contribution in [0, 0.1) is 5.82 Å². The van der Waals surface area contributed by atoms with Crippen molar-refractivity contribution in [3.8, 4) is 11.3 Å². The molecule has 0 aliphatic rings. The zero-order chi connectivity index (χ0) is 22.8. The molecule has 4 aromatic heterocycles. The molecule has 166 valence electrons. The third-order valence-electron chi connectivity index (χ3n) is 5.15. The lowest BCUT2D eigenvalue weighted by Crippen LogP contribution is -2.35. The van der Waals surface area contributed by atoms with Gasteiger partial charge in [0.25, 0.3) is 0 Å². The number of methoxy groups -OCH3 is 1. The molecule has 3 N–H and O–H groups in total. The zero-order valence-electron chi connectivity index (χ0n) is 17.5. The van der Waals surface area contributed by atoms with Crippen LogP contribution in [0.1, 0.15) is 11.6 Å². The highest BCUT2D eigenvalue weighted by atomic mass is 19.1. The molecule has 0 saturated heterocycles. The van der Waals surface area contributed by atoms with Crippen LogP contribution in [0.3, 0.4) is 0 Å². The maximum absolute atomic E-state index is 13.2. The van der Waals surface area contributed by atoms with Gasteiger partial charge in [-0.25, -0.2) is 23.7 Å². The number of nitrogens with one attached hydrogen (secondary N) is 3. The van der Waals surface area contributed by atoms with Crippen molar-refractivity contribution in [3.05, 3.63) is 72.6 Å². The van der Waals surface area contributed by atoms with E-state index in [4.69, 9.17) is 4.74 Å². The van der Waals surface area contributed by atoms with Gasteiger partial charge in [0.2, 0.25) is 0 Å². The van der Waals surface area contributed by atoms with Crippen molar-refractivity contribution < 1.29 is 13.9 Å². The van der Waals surface area contributed by atoms with Crippen LogP contribution >= 0.6 is 0 Å². The molecule has 1 atom stereocenters. The number of fused-ring (bicyclic) bond motifs is 2. The van der Waals surface area contributed by atoms with Gasteiger partial charge in [0.05, 0.1) is 18.2 Å². The second-order valence-electron chi connectivity index (χ2n) is 7.32. The number of hydrogen-bond donors (Lipinski definition) is 3. The average Bonchev–Trinajstić information content (AvgIpc) is 3.45. The molecule has 10 nitrogen and oxygen atoms in total. The smallest absolute Gasteiger partial charge is 0.320 e. The first-order chi connectivity index (χ1) is 16.1. The van der Waals surface area contributed by atoms with Gasteiger partial charge in [-0.1, -0.05) is 12.1 Å². The Bertz CT molecular complexity index is 1430. The molecule has 0 radical (unpaired) electrons. The molecular formula is C22H19FN8O2. The second-order valence-corrected chi connectivity index (χ2v) is 7.32. The number of aromatic amines is 1. The lowest BCUT2D eigenvalue weighted by atomic mass is 10.1. The molecule has 0 aliphatic carbocycles. The molecule has 1 aromatic carbocycles. The van der Waals surface area contributed by atoms with Crippen LogP contribution in [0.25, 0.3) is 27.8 Å². The number of benzene rings is 1. The average molecular weight is 446 g/mol. The topological polar surface area (TPSA) is 122 Å². The number of anilines is 1. The number of rotatable bonds is 6. The summed E-state index contributed by atoms with van der Waals surface area (Å²) in [6, 6.07) is 10.4. The number of pyridine rings is 2. The number of carbonyl (C=O) groups excluding carboxylic acids is 1. The van der Waals surface area contributed by atoms with E-state index in [1.165, 1.54) is 25.6 Å². The molecule has 0 unspecified atom stereocenters. The van der Waals surface area contributed by atoms with Gasteiger partial charge in [0.15, 0.2) is 5.65 Å². The minimum atomic E-state index is -0.467. The molecule has 0 saturated carbocycles. The Morgan fingerprint density at radius 2 is 2.06 bits per heavy atom. The Balaban J connectivity index is 1.33. The van der Waals surface area contributed by atoms with Gasteiger partial charge >= 0.3 is 6.03 Å². The molecule has 0 aliphatic heterocycles. The van der Waals surface area contributed by atoms with Crippen LogP contribution in [0.2, 0.25) is 0 Å². The summed E-state index contributed by atoms with van der Waals surface area (Å²) >= 11 is 0. The van der Waals surface area contributed by atoms with E-state index < -0.39 is 12.1 Å². The summed E-state index contributed by atoms with van der Waals surface area (Å²) in [5, 5.41) is 17.8. The second kappa shape index (κ2) is 8.63. The summed E-state index contributed by atoms with van der Waals surface area (Å²) in [6.07, 6.45) is 4.94. The van der Waals surface area contributed by atoms with E-state index in [1.807, 2.05) is 18.3 Å². The van der Waals surface area contributed by atoms with Crippen molar-refractivity contribution in [1.29, 1.82) is 0 Å². The van der Waals surface area contributed by atoms with Gasteiger partial charge < -0.3 is 10.1 Å². The Labute approximate surface area is 186 Å². The third kappa shape index (κ3) is 4.21. The first-order valence-corrected chi connectivity index (χ1v) is 10.1. The molecule has 0 bridgehead atoms. The predicted octanol–water partition coefficient (Wildman–Crippen LogP) is 3.32. The number of amides is 2. The summed E-state index contributed by atoms with van der Waals surface area (Å²) in [6.45, 7) is 0.228. The van der Waals surface area contributed by atoms with Crippen molar-refractivity contribution in [2.24, 2.45) is 0 Å². The molecular weight excluding hydrogens is 427 g/mol. The first kappa shape index (κ1) is 20.5. The number of carbonyl (C=O) groups is 1. The van der Waals surface area contributed by atoms with Crippen LogP contribution in [-0.2, 0) is 4.74 Å². The summed E-state index contributed by atoms with van der Waals surface area (Å²) < 4.78 is 20.1. The molecule has 0 spiro atoms. The number of aromatic nitrogens is 6. The van der Waals surface area contributed by atoms with Crippen molar-refractivity contribution in [3.63, 3.8) is 0 Å². The largest absolute Gasteiger partial charge is 0.382 e. The molecule has 11 heteroatoms. The monoisotopic (exact) mass is 446 g/mol. The van der Waals surface area contributed by atoms with Crippen molar-refractivity contribution in [2.75, 3.05) is 19.0 Å². The summed E-state index contributed by atoms with van der Waals surface area (Å²) in [5.74, 6) is -0.00412. The molecule has 5 rings (SSSR count). The van der Waals surface area contributed by atoms with Gasteiger partial charge in [0, 0.05) is 36.5 Å². The predicted molar refractivity (Wildman–Crippen MR) is 119 cm³/mol. The fourth-order valence-electron chi connectivity index (χ4n) is 3.56. The summed E-state index contributed by atoms with van der Waals surface area (Å²) in [4.78, 5) is 21.1. The standard InChI is InChI=1S/C22H19FN8O2/c1-33-11-18(13-2-4-15(23)5-3-13)27-22(32)28-19-9-17-16(10-24-19)21(30-29-17)14-6-7-31-20(8-14)25-12-26-31/h2-10,12,18H,11H2,1H3,(H,29,30)(H2,24,27,28,32)/t18-/m1/s1. The van der Waals surface area contributed by atoms with Gasteiger partial charge in [-0.3, -0.25) is 10.4 Å². The fraction of sp³-hybridized carbons (Fsp3) is 0.136. The van der Waals surface area contributed by atoms with Crippen LogP contribution in [0.15, 0.2) is 61.2 Å². The first-order valence-electron chi connectivity index (χ1n) is 10.1. The number of urea groups is 1.